The fourth-order valence-corrected chi connectivity index (χ4v) is 6.65. The Labute approximate surface area is 182 Å². The number of benzene rings is 2. The second-order valence-electron chi connectivity index (χ2n) is 9.63. The van der Waals surface area contributed by atoms with Crippen LogP contribution < -0.4 is 4.74 Å². The fourth-order valence-electron chi connectivity index (χ4n) is 6.65. The molecule has 5 rings (SSSR count). The average molecular weight is 418 g/mol. The first-order valence-corrected chi connectivity index (χ1v) is 11.1. The number of aryl methyl sites for hydroxylation is 1. The summed E-state index contributed by atoms with van der Waals surface area (Å²) in [5, 5.41) is 21.9. The molecular formula is C26H27NO4. The van der Waals surface area contributed by atoms with Crippen molar-refractivity contribution in [3.05, 3.63) is 63.7 Å². The summed E-state index contributed by atoms with van der Waals surface area (Å²) in [6.07, 6.45) is 11.6. The van der Waals surface area contributed by atoms with Gasteiger partial charge in [-0.2, -0.15) is 0 Å². The number of non-ortho nitro benzene ring substituents is 1. The van der Waals surface area contributed by atoms with Crippen LogP contribution in [0.1, 0.15) is 56.1 Å². The highest BCUT2D eigenvalue weighted by molar-refractivity contribution is 5.44. The third-order valence-electron chi connectivity index (χ3n) is 8.37. The molecule has 2 fully saturated rings. The molecule has 31 heavy (non-hydrogen) atoms. The van der Waals surface area contributed by atoms with Gasteiger partial charge in [0, 0.05) is 17.5 Å². The van der Waals surface area contributed by atoms with Crippen molar-refractivity contribution in [1.82, 2.24) is 0 Å². The average Bonchev–Trinajstić information content (AvgIpc) is 3.05. The topological polar surface area (TPSA) is 72.6 Å². The van der Waals surface area contributed by atoms with E-state index in [1.54, 1.807) is 12.1 Å². The zero-order valence-corrected chi connectivity index (χ0v) is 17.7. The molecule has 1 N–H and O–H groups in total. The number of fused-ring (bicyclic) bond motifs is 5. The van der Waals surface area contributed by atoms with Crippen LogP contribution in [-0.2, 0) is 6.42 Å². The highest BCUT2D eigenvalue weighted by atomic mass is 16.6. The maximum absolute atomic E-state index is 11.1. The number of rotatable bonds is 3. The zero-order chi connectivity index (χ0) is 21.8. The van der Waals surface area contributed by atoms with Crippen LogP contribution in [0.5, 0.6) is 11.5 Å². The van der Waals surface area contributed by atoms with E-state index >= 15 is 0 Å². The van der Waals surface area contributed by atoms with Gasteiger partial charge in [0.15, 0.2) is 0 Å². The monoisotopic (exact) mass is 417 g/mol. The molecule has 2 aromatic rings. The molecule has 5 nitrogen and oxygen atoms in total. The van der Waals surface area contributed by atoms with Crippen molar-refractivity contribution in [3.63, 3.8) is 0 Å². The van der Waals surface area contributed by atoms with Gasteiger partial charge in [-0.3, -0.25) is 10.1 Å². The van der Waals surface area contributed by atoms with E-state index < -0.39 is 10.5 Å². The van der Waals surface area contributed by atoms with Gasteiger partial charge >= 0.3 is 0 Å². The minimum atomic E-state index is -0.967. The first-order valence-electron chi connectivity index (χ1n) is 11.1. The van der Waals surface area contributed by atoms with E-state index in [9.17, 15) is 15.2 Å². The van der Waals surface area contributed by atoms with E-state index in [-0.39, 0.29) is 11.1 Å². The highest BCUT2D eigenvalue weighted by Gasteiger charge is 2.61. The van der Waals surface area contributed by atoms with Crippen molar-refractivity contribution in [2.45, 2.75) is 57.0 Å². The van der Waals surface area contributed by atoms with Crippen molar-refractivity contribution in [3.8, 4) is 23.8 Å². The Balaban J connectivity index is 1.37. The maximum Gasteiger partial charge on any atom is 0.269 e. The minimum Gasteiger partial charge on any atom is -0.457 e. The molecule has 3 aliphatic carbocycles. The second kappa shape index (κ2) is 7.10. The fraction of sp³-hybridized carbons (Fsp3) is 0.462. The number of hydrogen-bond acceptors (Lipinski definition) is 4. The lowest BCUT2D eigenvalue weighted by Crippen LogP contribution is -2.50. The van der Waals surface area contributed by atoms with Gasteiger partial charge < -0.3 is 9.84 Å². The molecule has 5 heteroatoms. The Morgan fingerprint density at radius 3 is 2.58 bits per heavy atom. The number of hydrogen-bond donors (Lipinski definition) is 1. The van der Waals surface area contributed by atoms with Crippen LogP contribution in [0.2, 0.25) is 0 Å². The standard InChI is InChI=1S/C26H27NO4/c1-3-26(28)15-13-24-23-10-4-17-16-20(31-19-7-5-18(6-8-19)27(29)30)9-11-21(17)22(23)12-14-25(24,26)2/h1,5-9,11,16,22-24,28H,4,10,12-15H2,2H3/t22-,23+,24+,25+,26+/m1/s1. The summed E-state index contributed by atoms with van der Waals surface area (Å²) in [6.45, 7) is 2.21. The van der Waals surface area contributed by atoms with E-state index in [4.69, 9.17) is 11.2 Å². The van der Waals surface area contributed by atoms with Gasteiger partial charge in [0.1, 0.15) is 17.1 Å². The van der Waals surface area contributed by atoms with E-state index in [0.717, 1.165) is 37.9 Å². The minimum absolute atomic E-state index is 0.0526. The van der Waals surface area contributed by atoms with Crippen LogP contribution in [0.25, 0.3) is 0 Å². The van der Waals surface area contributed by atoms with Crippen LogP contribution in [0, 0.1) is 39.7 Å². The zero-order valence-electron chi connectivity index (χ0n) is 17.7. The molecule has 160 valence electrons. The Kier molecular flexibility index (Phi) is 4.60. The lowest BCUT2D eigenvalue weighted by Gasteiger charge is -2.52. The highest BCUT2D eigenvalue weighted by Crippen LogP contribution is 2.64. The quantitative estimate of drug-likeness (QED) is 0.400. The molecule has 2 aromatic carbocycles. The normalized spacial score (nSPS) is 33.5. The largest absolute Gasteiger partial charge is 0.457 e. The Bertz CT molecular complexity index is 1070. The van der Waals surface area contributed by atoms with Crippen LogP contribution in [0.4, 0.5) is 5.69 Å². The predicted octanol–water partition coefficient (Wildman–Crippen LogP) is 5.61. The summed E-state index contributed by atoms with van der Waals surface area (Å²) < 4.78 is 5.96. The van der Waals surface area contributed by atoms with Gasteiger partial charge in [0.2, 0.25) is 0 Å². The first-order chi connectivity index (χ1) is 14.8. The van der Waals surface area contributed by atoms with Crippen LogP contribution in [-0.4, -0.2) is 15.6 Å². The number of nitro benzene ring substituents is 1. The first kappa shape index (κ1) is 20.1. The number of aliphatic hydroxyl groups is 1. The molecule has 0 unspecified atom stereocenters. The number of terminal acetylenes is 1. The van der Waals surface area contributed by atoms with E-state index in [1.165, 1.54) is 23.3 Å². The molecule has 0 spiro atoms. The summed E-state index contributed by atoms with van der Waals surface area (Å²) in [4.78, 5) is 10.4. The van der Waals surface area contributed by atoms with Crippen LogP contribution in [0.15, 0.2) is 42.5 Å². The van der Waals surface area contributed by atoms with Crippen molar-refractivity contribution < 1.29 is 14.8 Å². The molecule has 5 atom stereocenters. The van der Waals surface area contributed by atoms with Gasteiger partial charge in [-0.15, -0.1) is 6.42 Å². The van der Waals surface area contributed by atoms with Crippen molar-refractivity contribution in [2.24, 2.45) is 17.3 Å². The van der Waals surface area contributed by atoms with Crippen LogP contribution >= 0.6 is 0 Å². The summed E-state index contributed by atoms with van der Waals surface area (Å²) in [7, 11) is 0. The van der Waals surface area contributed by atoms with E-state index in [2.05, 4.69) is 25.0 Å². The van der Waals surface area contributed by atoms with Crippen molar-refractivity contribution in [1.29, 1.82) is 0 Å². The Morgan fingerprint density at radius 1 is 1.13 bits per heavy atom. The molecule has 0 aromatic heterocycles. The lowest BCUT2D eigenvalue weighted by atomic mass is 9.53. The Morgan fingerprint density at radius 2 is 1.87 bits per heavy atom. The van der Waals surface area contributed by atoms with Crippen molar-refractivity contribution in [2.75, 3.05) is 0 Å². The summed E-state index contributed by atoms with van der Waals surface area (Å²) in [5.41, 5.74) is 1.64. The van der Waals surface area contributed by atoms with Gasteiger partial charge in [-0.25, -0.2) is 0 Å². The van der Waals surface area contributed by atoms with Crippen molar-refractivity contribution >= 4 is 5.69 Å². The summed E-state index contributed by atoms with van der Waals surface area (Å²) in [6, 6.07) is 12.5. The van der Waals surface area contributed by atoms with Crippen LogP contribution in [0.3, 0.4) is 0 Å². The van der Waals surface area contributed by atoms with E-state index in [0.29, 0.717) is 29.9 Å². The summed E-state index contributed by atoms with van der Waals surface area (Å²) >= 11 is 0. The van der Waals surface area contributed by atoms with Gasteiger partial charge in [0.25, 0.3) is 5.69 Å². The summed E-state index contributed by atoms with van der Waals surface area (Å²) in [5.74, 6) is 5.63. The van der Waals surface area contributed by atoms with Gasteiger partial charge in [-0.05, 0) is 91.7 Å². The molecule has 3 aliphatic rings. The smallest absolute Gasteiger partial charge is 0.269 e. The SMILES string of the molecule is C#C[C@]1(O)CC[C@H]2[C@H]3CCc4cc(Oc5ccc([N+](=O)[O-])cc5)ccc4[C@H]3CC[C@@]21C. The number of nitro groups is 1. The van der Waals surface area contributed by atoms with Gasteiger partial charge in [0.05, 0.1) is 4.92 Å². The molecule has 0 saturated heterocycles. The maximum atomic E-state index is 11.1. The molecule has 2 saturated carbocycles. The molecule has 0 amide bonds. The molecule has 0 heterocycles. The molecule has 0 radical (unpaired) electrons. The molecule has 0 aliphatic heterocycles. The lowest BCUT2D eigenvalue weighted by molar-refractivity contribution is -0.384. The molecule has 0 bridgehead atoms. The molecular weight excluding hydrogens is 390 g/mol. The van der Waals surface area contributed by atoms with Gasteiger partial charge in [-0.1, -0.05) is 18.9 Å². The second-order valence-corrected chi connectivity index (χ2v) is 9.63. The number of ether oxygens (including phenoxy) is 1. The predicted molar refractivity (Wildman–Crippen MR) is 118 cm³/mol. The third kappa shape index (κ3) is 3.04. The van der Waals surface area contributed by atoms with E-state index in [1.807, 2.05) is 6.07 Å². The number of nitrogens with zero attached hydrogens (tertiary/aromatic N) is 1. The third-order valence-corrected chi connectivity index (χ3v) is 8.37. The Hall–Kier alpha value is -2.84.